The van der Waals surface area contributed by atoms with Crippen molar-refractivity contribution in [2.45, 2.75) is 4.90 Å². The van der Waals surface area contributed by atoms with Crippen molar-refractivity contribution in [1.82, 2.24) is 0 Å². The van der Waals surface area contributed by atoms with E-state index in [4.69, 9.17) is 10.5 Å². The van der Waals surface area contributed by atoms with Crippen molar-refractivity contribution in [3.63, 3.8) is 0 Å². The minimum atomic E-state index is 0.805. The number of nitrogens with one attached hydrogen (secondary N) is 1. The van der Waals surface area contributed by atoms with Crippen LogP contribution in [0.25, 0.3) is 10.8 Å². The highest BCUT2D eigenvalue weighted by Gasteiger charge is 2.04. The van der Waals surface area contributed by atoms with Gasteiger partial charge in [0.15, 0.2) is 0 Å². The molecule has 0 amide bonds. The summed E-state index contributed by atoms with van der Waals surface area (Å²) in [6.45, 7) is 0. The molecule has 0 radical (unpaired) electrons. The van der Waals surface area contributed by atoms with Gasteiger partial charge in [-0.25, -0.2) is 0 Å². The SMILES string of the molecule is COc1ccc(NSc2ccc(N)c3ccccc23)cc1. The molecule has 0 aromatic heterocycles. The lowest BCUT2D eigenvalue weighted by molar-refractivity contribution is 0.415. The molecule has 0 atom stereocenters. The van der Waals surface area contributed by atoms with Crippen LogP contribution in [0.1, 0.15) is 0 Å². The Morgan fingerprint density at radius 1 is 0.905 bits per heavy atom. The molecule has 3 aromatic carbocycles. The number of benzene rings is 3. The largest absolute Gasteiger partial charge is 0.497 e. The van der Waals surface area contributed by atoms with Crippen LogP contribution < -0.4 is 15.2 Å². The van der Waals surface area contributed by atoms with Crippen LogP contribution in [0, 0.1) is 0 Å². The monoisotopic (exact) mass is 296 g/mol. The zero-order valence-electron chi connectivity index (χ0n) is 11.7. The van der Waals surface area contributed by atoms with E-state index in [2.05, 4.69) is 10.8 Å². The van der Waals surface area contributed by atoms with Crippen LogP contribution in [0.15, 0.2) is 65.6 Å². The van der Waals surface area contributed by atoms with Crippen molar-refractivity contribution < 1.29 is 4.74 Å². The first kappa shape index (κ1) is 13.6. The first-order chi connectivity index (χ1) is 10.3. The van der Waals surface area contributed by atoms with Gasteiger partial charge in [-0.05, 0) is 53.7 Å². The summed E-state index contributed by atoms with van der Waals surface area (Å²) in [6.07, 6.45) is 0. The van der Waals surface area contributed by atoms with Crippen molar-refractivity contribution in [2.24, 2.45) is 0 Å². The van der Waals surface area contributed by atoms with Gasteiger partial charge in [0.25, 0.3) is 0 Å². The molecule has 3 nitrogen and oxygen atoms in total. The number of anilines is 2. The molecule has 0 spiro atoms. The second kappa shape index (κ2) is 5.97. The third-order valence-electron chi connectivity index (χ3n) is 3.29. The van der Waals surface area contributed by atoms with E-state index in [1.165, 1.54) is 0 Å². The molecule has 106 valence electrons. The summed E-state index contributed by atoms with van der Waals surface area (Å²) < 4.78 is 8.50. The highest BCUT2D eigenvalue weighted by Crippen LogP contribution is 2.32. The molecule has 21 heavy (non-hydrogen) atoms. The van der Waals surface area contributed by atoms with Gasteiger partial charge < -0.3 is 15.2 Å². The fourth-order valence-corrected chi connectivity index (χ4v) is 2.94. The Kier molecular flexibility index (Phi) is 3.88. The highest BCUT2D eigenvalue weighted by molar-refractivity contribution is 8.00. The van der Waals surface area contributed by atoms with Crippen LogP contribution in [-0.4, -0.2) is 7.11 Å². The predicted octanol–water partition coefficient (Wildman–Crippen LogP) is 4.55. The van der Waals surface area contributed by atoms with E-state index in [-0.39, 0.29) is 0 Å². The maximum Gasteiger partial charge on any atom is 0.119 e. The second-order valence-corrected chi connectivity index (χ2v) is 5.48. The molecular weight excluding hydrogens is 280 g/mol. The zero-order chi connectivity index (χ0) is 14.7. The Labute approximate surface area is 128 Å². The minimum absolute atomic E-state index is 0.805. The van der Waals surface area contributed by atoms with Crippen molar-refractivity contribution in [1.29, 1.82) is 0 Å². The van der Waals surface area contributed by atoms with Crippen molar-refractivity contribution in [3.8, 4) is 5.75 Å². The summed E-state index contributed by atoms with van der Waals surface area (Å²) in [6, 6.07) is 20.0. The molecule has 0 unspecified atom stereocenters. The molecule has 0 fully saturated rings. The molecule has 0 aliphatic heterocycles. The average Bonchev–Trinajstić information content (AvgIpc) is 2.55. The van der Waals surface area contributed by atoms with Gasteiger partial charge in [-0.3, -0.25) is 0 Å². The molecule has 4 heteroatoms. The zero-order valence-corrected chi connectivity index (χ0v) is 12.5. The van der Waals surface area contributed by atoms with Crippen LogP contribution in [-0.2, 0) is 0 Å². The summed E-state index contributed by atoms with van der Waals surface area (Å²) in [4.78, 5) is 1.15. The van der Waals surface area contributed by atoms with Crippen LogP contribution in [0.4, 0.5) is 11.4 Å². The van der Waals surface area contributed by atoms with E-state index in [1.54, 1.807) is 19.1 Å². The van der Waals surface area contributed by atoms with E-state index in [1.807, 2.05) is 54.6 Å². The number of rotatable bonds is 4. The molecule has 3 rings (SSSR count). The number of nitrogens with two attached hydrogens (primary N) is 1. The summed E-state index contributed by atoms with van der Waals surface area (Å²) in [5, 5.41) is 2.24. The molecule has 0 aliphatic carbocycles. The van der Waals surface area contributed by atoms with Crippen molar-refractivity contribution in [2.75, 3.05) is 17.6 Å². The fraction of sp³-hybridized carbons (Fsp3) is 0.0588. The lowest BCUT2D eigenvalue weighted by atomic mass is 10.1. The van der Waals surface area contributed by atoms with Crippen LogP contribution in [0.2, 0.25) is 0 Å². The standard InChI is InChI=1S/C17H16N2OS/c1-20-13-8-6-12(7-9-13)19-21-17-11-10-16(18)14-4-2-3-5-15(14)17/h2-11,19H,18H2,1H3. The van der Waals surface area contributed by atoms with Gasteiger partial charge in [0.05, 0.1) is 7.11 Å². The van der Waals surface area contributed by atoms with Crippen LogP contribution >= 0.6 is 11.9 Å². The first-order valence-corrected chi connectivity index (χ1v) is 7.44. The Hall–Kier alpha value is -2.33. The van der Waals surface area contributed by atoms with E-state index < -0.39 is 0 Å². The number of methoxy groups -OCH3 is 1. The number of nitrogen functional groups attached to an aromatic ring is 1. The normalized spacial score (nSPS) is 10.5. The average molecular weight is 296 g/mol. The summed E-state index contributed by atoms with van der Waals surface area (Å²) in [7, 11) is 1.66. The van der Waals surface area contributed by atoms with Gasteiger partial charge in [-0.2, -0.15) is 0 Å². The van der Waals surface area contributed by atoms with E-state index >= 15 is 0 Å². The highest BCUT2D eigenvalue weighted by atomic mass is 32.2. The van der Waals surface area contributed by atoms with Crippen LogP contribution in [0.3, 0.4) is 0 Å². The molecule has 3 N–H and O–H groups in total. The number of hydrogen-bond donors (Lipinski definition) is 2. The van der Waals surface area contributed by atoms with Crippen LogP contribution in [0.5, 0.6) is 5.75 Å². The molecule has 0 bridgehead atoms. The topological polar surface area (TPSA) is 47.3 Å². The van der Waals surface area contributed by atoms with E-state index in [0.717, 1.165) is 32.8 Å². The molecule has 0 aliphatic rings. The quantitative estimate of drug-likeness (QED) is 0.548. The number of ether oxygens (including phenoxy) is 1. The predicted molar refractivity (Wildman–Crippen MR) is 90.8 cm³/mol. The summed E-state index contributed by atoms with van der Waals surface area (Å²) >= 11 is 1.58. The van der Waals surface area contributed by atoms with Gasteiger partial charge in [-0.15, -0.1) is 0 Å². The second-order valence-electron chi connectivity index (χ2n) is 4.63. The lowest BCUT2D eigenvalue weighted by Gasteiger charge is -2.10. The van der Waals surface area contributed by atoms with E-state index in [9.17, 15) is 0 Å². The third kappa shape index (κ3) is 2.90. The lowest BCUT2D eigenvalue weighted by Crippen LogP contribution is -1.91. The Morgan fingerprint density at radius 3 is 2.33 bits per heavy atom. The minimum Gasteiger partial charge on any atom is -0.497 e. The van der Waals surface area contributed by atoms with Gasteiger partial charge in [0.2, 0.25) is 0 Å². The Balaban J connectivity index is 1.83. The smallest absolute Gasteiger partial charge is 0.119 e. The number of hydrogen-bond acceptors (Lipinski definition) is 4. The molecule has 3 aromatic rings. The summed E-state index contributed by atoms with van der Waals surface area (Å²) in [5.41, 5.74) is 7.86. The van der Waals surface area contributed by atoms with Crippen molar-refractivity contribution in [3.05, 3.63) is 60.7 Å². The molecule has 0 heterocycles. The Bertz CT molecular complexity index is 756. The van der Waals surface area contributed by atoms with Gasteiger partial charge in [-0.1, -0.05) is 24.3 Å². The fourth-order valence-electron chi connectivity index (χ4n) is 2.16. The van der Waals surface area contributed by atoms with Crippen molar-refractivity contribution >= 4 is 34.1 Å². The Morgan fingerprint density at radius 2 is 1.62 bits per heavy atom. The van der Waals surface area contributed by atoms with E-state index in [0.29, 0.717) is 0 Å². The molecule has 0 saturated heterocycles. The molecule has 0 saturated carbocycles. The molecular formula is C17H16N2OS. The maximum absolute atomic E-state index is 6.02. The first-order valence-electron chi connectivity index (χ1n) is 6.62. The third-order valence-corrected chi connectivity index (χ3v) is 4.20. The van der Waals surface area contributed by atoms with Gasteiger partial charge in [0.1, 0.15) is 5.75 Å². The number of fused-ring (bicyclic) bond motifs is 1. The van der Waals surface area contributed by atoms with Gasteiger partial charge >= 0.3 is 0 Å². The maximum atomic E-state index is 6.02. The summed E-state index contributed by atoms with van der Waals surface area (Å²) in [5.74, 6) is 0.850. The van der Waals surface area contributed by atoms with Gasteiger partial charge in [0, 0.05) is 21.7 Å².